The molecule has 3 nitrogen and oxygen atoms in total. The van der Waals surface area contributed by atoms with Crippen LogP contribution in [0.15, 0.2) is 64.5 Å². The molecule has 0 unspecified atom stereocenters. The van der Waals surface area contributed by atoms with Crippen LogP contribution in [-0.4, -0.2) is 9.55 Å². The fourth-order valence-electron chi connectivity index (χ4n) is 4.10. The lowest BCUT2D eigenvalue weighted by Crippen LogP contribution is -2.22. The maximum absolute atomic E-state index is 13.8. The molecule has 0 N–H and O–H groups in total. The molecule has 0 amide bonds. The quantitative estimate of drug-likeness (QED) is 0.215. The van der Waals surface area contributed by atoms with E-state index >= 15 is 0 Å². The third kappa shape index (κ3) is 3.72. The molecule has 5 rings (SSSR count). The van der Waals surface area contributed by atoms with Gasteiger partial charge in [-0.1, -0.05) is 66.2 Å². The highest BCUT2D eigenvalue weighted by Gasteiger charge is 2.22. The van der Waals surface area contributed by atoms with Crippen molar-refractivity contribution in [3.8, 4) is 5.69 Å². The standard InChI is InChI=1S/C25H24N2OS2/c1-17-12-14-19(15-13-17)27-24(28)22-20-10-6-3-7-11-21(20)30-23(22)26-25(27)29-16-18-8-4-2-5-9-18/h2,4-5,8-9,12-15H,3,6-7,10-11,16H2,1H3. The second-order valence-electron chi connectivity index (χ2n) is 7.89. The summed E-state index contributed by atoms with van der Waals surface area (Å²) in [5.41, 5.74) is 4.64. The highest BCUT2D eigenvalue weighted by molar-refractivity contribution is 7.98. The number of rotatable bonds is 4. The van der Waals surface area contributed by atoms with Crippen molar-refractivity contribution in [1.82, 2.24) is 9.55 Å². The predicted molar refractivity (Wildman–Crippen MR) is 127 cm³/mol. The second kappa shape index (κ2) is 8.40. The number of thioether (sulfide) groups is 1. The number of nitrogens with zero attached hydrogens (tertiary/aromatic N) is 2. The minimum absolute atomic E-state index is 0.0822. The minimum Gasteiger partial charge on any atom is -0.268 e. The van der Waals surface area contributed by atoms with Crippen LogP contribution < -0.4 is 5.56 Å². The molecular weight excluding hydrogens is 408 g/mol. The van der Waals surface area contributed by atoms with Gasteiger partial charge in [-0.05, 0) is 55.9 Å². The van der Waals surface area contributed by atoms with E-state index < -0.39 is 0 Å². The van der Waals surface area contributed by atoms with Gasteiger partial charge < -0.3 is 0 Å². The molecule has 0 fully saturated rings. The summed E-state index contributed by atoms with van der Waals surface area (Å²) in [5.74, 6) is 0.787. The Morgan fingerprint density at radius 2 is 1.77 bits per heavy atom. The van der Waals surface area contributed by atoms with Crippen molar-refractivity contribution in [3.63, 3.8) is 0 Å². The number of fused-ring (bicyclic) bond motifs is 3. The second-order valence-corrected chi connectivity index (χ2v) is 9.92. The topological polar surface area (TPSA) is 34.9 Å². The van der Waals surface area contributed by atoms with Crippen molar-refractivity contribution >= 4 is 33.3 Å². The molecule has 4 aromatic rings. The number of hydrogen-bond acceptors (Lipinski definition) is 4. The maximum atomic E-state index is 13.8. The van der Waals surface area contributed by atoms with Crippen LogP contribution in [0.1, 0.15) is 40.8 Å². The summed E-state index contributed by atoms with van der Waals surface area (Å²) in [6.45, 7) is 2.07. The van der Waals surface area contributed by atoms with Crippen LogP contribution in [0, 0.1) is 6.92 Å². The molecule has 30 heavy (non-hydrogen) atoms. The highest BCUT2D eigenvalue weighted by Crippen LogP contribution is 2.35. The number of aromatic nitrogens is 2. The Bertz CT molecular complexity index is 1240. The van der Waals surface area contributed by atoms with Crippen molar-refractivity contribution in [3.05, 3.63) is 86.5 Å². The molecule has 2 aromatic carbocycles. The van der Waals surface area contributed by atoms with Crippen LogP contribution >= 0.6 is 23.1 Å². The van der Waals surface area contributed by atoms with E-state index in [0.29, 0.717) is 0 Å². The van der Waals surface area contributed by atoms with E-state index in [1.807, 2.05) is 22.8 Å². The van der Waals surface area contributed by atoms with Crippen molar-refractivity contribution in [2.24, 2.45) is 0 Å². The summed E-state index contributed by atoms with van der Waals surface area (Å²) in [5, 5.41) is 1.62. The van der Waals surface area contributed by atoms with Gasteiger partial charge in [-0.3, -0.25) is 9.36 Å². The van der Waals surface area contributed by atoms with Gasteiger partial charge in [0.15, 0.2) is 5.16 Å². The minimum atomic E-state index is 0.0822. The van der Waals surface area contributed by atoms with Crippen LogP contribution in [0.2, 0.25) is 0 Å². The first-order valence-electron chi connectivity index (χ1n) is 10.5. The molecular formula is C25H24N2OS2. The van der Waals surface area contributed by atoms with E-state index in [4.69, 9.17) is 4.98 Å². The summed E-state index contributed by atoms with van der Waals surface area (Å²) in [6.07, 6.45) is 5.69. The van der Waals surface area contributed by atoms with E-state index in [1.165, 1.54) is 34.4 Å². The molecule has 0 saturated carbocycles. The Labute approximate surface area is 184 Å². The molecule has 2 aromatic heterocycles. The van der Waals surface area contributed by atoms with Crippen LogP contribution in [-0.2, 0) is 18.6 Å². The zero-order chi connectivity index (χ0) is 20.5. The summed E-state index contributed by atoms with van der Waals surface area (Å²) >= 11 is 3.37. The summed E-state index contributed by atoms with van der Waals surface area (Å²) in [4.78, 5) is 21.1. The molecule has 0 saturated heterocycles. The molecule has 0 aliphatic heterocycles. The Morgan fingerprint density at radius 3 is 2.57 bits per heavy atom. The Balaban J connectivity index is 1.67. The molecule has 2 heterocycles. The van der Waals surface area contributed by atoms with Crippen LogP contribution in [0.3, 0.4) is 0 Å². The SMILES string of the molecule is Cc1ccc(-n2c(SCc3ccccc3)nc3sc4c(c3c2=O)CCCCC4)cc1. The van der Waals surface area contributed by atoms with Gasteiger partial charge >= 0.3 is 0 Å². The van der Waals surface area contributed by atoms with Gasteiger partial charge in [0, 0.05) is 10.6 Å². The molecule has 5 heteroatoms. The molecule has 1 aliphatic carbocycles. The summed E-state index contributed by atoms with van der Waals surface area (Å²) in [7, 11) is 0. The van der Waals surface area contributed by atoms with E-state index in [-0.39, 0.29) is 5.56 Å². The van der Waals surface area contributed by atoms with Gasteiger partial charge in [-0.15, -0.1) is 11.3 Å². The zero-order valence-corrected chi connectivity index (χ0v) is 18.7. The number of benzene rings is 2. The van der Waals surface area contributed by atoms with Gasteiger partial charge in [0.2, 0.25) is 0 Å². The normalized spacial score (nSPS) is 13.9. The smallest absolute Gasteiger partial charge is 0.267 e. The van der Waals surface area contributed by atoms with E-state index in [2.05, 4.69) is 43.3 Å². The Morgan fingerprint density at radius 1 is 1.00 bits per heavy atom. The molecule has 0 bridgehead atoms. The molecule has 0 atom stereocenters. The van der Waals surface area contributed by atoms with Crippen molar-refractivity contribution < 1.29 is 0 Å². The van der Waals surface area contributed by atoms with Crippen molar-refractivity contribution in [1.29, 1.82) is 0 Å². The van der Waals surface area contributed by atoms with Gasteiger partial charge in [-0.2, -0.15) is 0 Å². The summed E-state index contributed by atoms with van der Waals surface area (Å²) < 4.78 is 1.83. The summed E-state index contributed by atoms with van der Waals surface area (Å²) in [6, 6.07) is 18.5. The van der Waals surface area contributed by atoms with Crippen LogP contribution in [0.4, 0.5) is 0 Å². The third-order valence-corrected chi connectivity index (χ3v) is 7.91. The van der Waals surface area contributed by atoms with Gasteiger partial charge in [0.25, 0.3) is 5.56 Å². The van der Waals surface area contributed by atoms with E-state index in [1.54, 1.807) is 23.1 Å². The first kappa shape index (κ1) is 19.6. The first-order valence-corrected chi connectivity index (χ1v) is 12.3. The maximum Gasteiger partial charge on any atom is 0.267 e. The fourth-order valence-corrected chi connectivity index (χ4v) is 6.37. The number of aryl methyl sites for hydroxylation is 3. The number of hydrogen-bond donors (Lipinski definition) is 0. The highest BCUT2D eigenvalue weighted by atomic mass is 32.2. The molecule has 0 radical (unpaired) electrons. The largest absolute Gasteiger partial charge is 0.268 e. The Hall–Kier alpha value is -2.37. The van der Waals surface area contributed by atoms with Crippen LogP contribution in [0.5, 0.6) is 0 Å². The van der Waals surface area contributed by atoms with Crippen LogP contribution in [0.25, 0.3) is 15.9 Å². The van der Waals surface area contributed by atoms with E-state index in [9.17, 15) is 4.79 Å². The zero-order valence-electron chi connectivity index (χ0n) is 17.1. The fraction of sp³-hybridized carbons (Fsp3) is 0.280. The Kier molecular flexibility index (Phi) is 5.48. The van der Waals surface area contributed by atoms with Crippen molar-refractivity contribution in [2.75, 3.05) is 0 Å². The van der Waals surface area contributed by atoms with Crippen molar-refractivity contribution in [2.45, 2.75) is 49.9 Å². The third-order valence-electron chi connectivity index (χ3n) is 5.71. The molecule has 0 spiro atoms. The van der Waals surface area contributed by atoms with Gasteiger partial charge in [0.1, 0.15) is 4.83 Å². The lowest BCUT2D eigenvalue weighted by molar-refractivity contribution is 0.713. The average molecular weight is 433 g/mol. The van der Waals surface area contributed by atoms with E-state index in [0.717, 1.165) is 46.1 Å². The van der Waals surface area contributed by atoms with Gasteiger partial charge in [-0.25, -0.2) is 4.98 Å². The molecule has 1 aliphatic rings. The monoisotopic (exact) mass is 432 g/mol. The lowest BCUT2D eigenvalue weighted by atomic mass is 10.1. The molecule has 152 valence electrons. The van der Waals surface area contributed by atoms with Gasteiger partial charge in [0.05, 0.1) is 11.1 Å². The average Bonchev–Trinajstić information content (AvgIpc) is 2.95. The predicted octanol–water partition coefficient (Wildman–Crippen LogP) is 6.32. The lowest BCUT2D eigenvalue weighted by Gasteiger charge is -2.13. The first-order chi connectivity index (χ1) is 14.7. The number of thiophene rings is 1.